The van der Waals surface area contributed by atoms with Crippen LogP contribution in [0.4, 0.5) is 19.3 Å². The molecule has 3 heterocycles. The zero-order valence-electron chi connectivity index (χ0n) is 23.2. The van der Waals surface area contributed by atoms with E-state index in [-0.39, 0.29) is 41.8 Å². The molecule has 3 atom stereocenters. The number of halogens is 3. The number of amides is 2. The van der Waals surface area contributed by atoms with Crippen LogP contribution in [0.15, 0.2) is 48.7 Å². The Morgan fingerprint density at radius 1 is 1.14 bits per heavy atom. The van der Waals surface area contributed by atoms with Crippen molar-refractivity contribution in [1.29, 1.82) is 0 Å². The van der Waals surface area contributed by atoms with Crippen molar-refractivity contribution in [2.45, 2.75) is 51.2 Å². The minimum absolute atomic E-state index is 0.0555. The molecule has 0 spiro atoms. The number of carbonyl (C=O) groups excluding carboxylic acids is 3. The fourth-order valence-corrected chi connectivity index (χ4v) is 5.65. The third-order valence-electron chi connectivity index (χ3n) is 7.80. The van der Waals surface area contributed by atoms with Crippen LogP contribution in [0.1, 0.15) is 61.6 Å². The Morgan fingerprint density at radius 3 is 2.71 bits per heavy atom. The highest BCUT2D eigenvalue weighted by Crippen LogP contribution is 2.39. The fraction of sp³-hybridized carbons (Fsp3) is 0.355. The van der Waals surface area contributed by atoms with Gasteiger partial charge < -0.3 is 14.8 Å². The van der Waals surface area contributed by atoms with Crippen molar-refractivity contribution in [1.82, 2.24) is 9.88 Å². The first-order chi connectivity index (χ1) is 20.2. The molecule has 1 fully saturated rings. The van der Waals surface area contributed by atoms with Crippen LogP contribution in [0, 0.1) is 17.6 Å². The lowest BCUT2D eigenvalue weighted by atomic mass is 9.93. The summed E-state index contributed by atoms with van der Waals surface area (Å²) >= 11 is 5.86. The molecule has 8 nitrogen and oxygen atoms in total. The molecular weight excluding hydrogens is 568 g/mol. The van der Waals surface area contributed by atoms with Crippen LogP contribution >= 0.6 is 11.6 Å². The molecule has 1 saturated heterocycles. The van der Waals surface area contributed by atoms with E-state index >= 15 is 0 Å². The number of hydrogen-bond donors (Lipinski definition) is 1. The van der Waals surface area contributed by atoms with E-state index in [1.54, 1.807) is 24.4 Å². The Balaban J connectivity index is 1.48. The molecule has 2 bridgehead atoms. The maximum atomic E-state index is 14.7. The number of esters is 1. The van der Waals surface area contributed by atoms with Gasteiger partial charge in [-0.05, 0) is 54.3 Å². The quantitative estimate of drug-likeness (QED) is 0.263. The molecule has 1 aromatic heterocycles. The van der Waals surface area contributed by atoms with E-state index < -0.39 is 35.8 Å². The molecule has 2 aliphatic rings. The van der Waals surface area contributed by atoms with Crippen molar-refractivity contribution in [3.63, 3.8) is 0 Å². The number of ether oxygens (including phenoxy) is 2. The molecule has 1 N–H and O–H groups in total. The van der Waals surface area contributed by atoms with Crippen molar-refractivity contribution < 1.29 is 32.6 Å². The van der Waals surface area contributed by atoms with Crippen molar-refractivity contribution in [2.75, 3.05) is 19.0 Å². The number of aromatic nitrogens is 1. The van der Waals surface area contributed by atoms with E-state index in [9.17, 15) is 23.2 Å². The molecule has 2 amide bonds. The molecule has 3 aromatic rings. The number of fused-ring (bicyclic) bond motifs is 4. The number of carbonyl (C=O) groups is 3. The summed E-state index contributed by atoms with van der Waals surface area (Å²) in [6.07, 6.45) is 1.66. The van der Waals surface area contributed by atoms with E-state index in [2.05, 4.69) is 10.3 Å². The van der Waals surface area contributed by atoms with Gasteiger partial charge in [-0.3, -0.25) is 19.5 Å². The highest BCUT2D eigenvalue weighted by molar-refractivity contribution is 6.30. The smallest absolute Gasteiger partial charge is 0.410 e. The maximum Gasteiger partial charge on any atom is 0.410 e. The first-order valence-corrected chi connectivity index (χ1v) is 14.1. The highest BCUT2D eigenvalue weighted by atomic mass is 35.5. The van der Waals surface area contributed by atoms with Crippen LogP contribution < -0.4 is 5.32 Å². The van der Waals surface area contributed by atoms with Crippen molar-refractivity contribution in [3.05, 3.63) is 82.1 Å². The van der Waals surface area contributed by atoms with Crippen LogP contribution in [-0.4, -0.2) is 41.5 Å². The fourth-order valence-electron chi connectivity index (χ4n) is 5.48. The summed E-state index contributed by atoms with van der Waals surface area (Å²) in [6.45, 7) is 2.01. The van der Waals surface area contributed by atoms with Crippen LogP contribution in [0.5, 0.6) is 0 Å². The maximum absolute atomic E-state index is 14.7. The number of hydrogen-bond acceptors (Lipinski definition) is 6. The van der Waals surface area contributed by atoms with Crippen LogP contribution in [-0.2, 0) is 25.5 Å². The summed E-state index contributed by atoms with van der Waals surface area (Å²) in [6, 6.07) is 10.7. The van der Waals surface area contributed by atoms with Gasteiger partial charge in [0.15, 0.2) is 5.82 Å². The van der Waals surface area contributed by atoms with Gasteiger partial charge in [-0.25, -0.2) is 13.6 Å². The zero-order chi connectivity index (χ0) is 30.0. The normalized spacial score (nSPS) is 20.9. The van der Waals surface area contributed by atoms with Gasteiger partial charge in [-0.2, -0.15) is 0 Å². The minimum Gasteiger partial charge on any atom is -0.469 e. The summed E-state index contributed by atoms with van der Waals surface area (Å²) in [7, 11) is 1.32. The standard InChI is InChI=1S/C31H30ClF2N3O5/c1-17-4-3-5-25(37-13-11-26(42-31(37)40)28-22(33)9-8-21(32)29(28)34)24-16-19(10-12-35-24)20-7-6-18(15-27(38)41-2)14-23(20)36-30(17)39/h6-10,12,14,16-17,25-26H,3-5,11,13,15H2,1-2H3,(H,36,39)/t17-,25-,26-/m0/s1. The minimum atomic E-state index is -1.12. The number of nitrogens with one attached hydrogen (secondary N) is 1. The molecule has 5 rings (SSSR count). The first-order valence-electron chi connectivity index (χ1n) is 13.7. The largest absolute Gasteiger partial charge is 0.469 e. The molecular formula is C31H30ClF2N3O5. The molecule has 0 aliphatic carbocycles. The summed E-state index contributed by atoms with van der Waals surface area (Å²) in [4.78, 5) is 44.4. The average molecular weight is 598 g/mol. The number of benzene rings is 2. The van der Waals surface area contributed by atoms with Gasteiger partial charge in [0, 0.05) is 36.3 Å². The van der Waals surface area contributed by atoms with Crippen molar-refractivity contribution in [2.24, 2.45) is 5.92 Å². The number of pyridine rings is 1. The molecule has 11 heteroatoms. The lowest BCUT2D eigenvalue weighted by Gasteiger charge is -2.37. The van der Waals surface area contributed by atoms with Crippen LogP contribution in [0.25, 0.3) is 11.1 Å². The molecule has 0 unspecified atom stereocenters. The SMILES string of the molecule is COC(=O)Cc1ccc2c(c1)NC(=O)[C@@H](C)CCC[C@H](N1CC[C@@H](c3c(F)ccc(Cl)c3F)OC1=O)c1cc-2ccn1. The Hall–Kier alpha value is -4.05. The zero-order valence-corrected chi connectivity index (χ0v) is 23.9. The topological polar surface area (TPSA) is 97.8 Å². The Bertz CT molecular complexity index is 1530. The Kier molecular flexibility index (Phi) is 8.72. The van der Waals surface area contributed by atoms with Gasteiger partial charge in [-0.1, -0.05) is 37.1 Å². The van der Waals surface area contributed by atoms with Gasteiger partial charge >= 0.3 is 12.1 Å². The number of methoxy groups -OCH3 is 1. The van der Waals surface area contributed by atoms with Gasteiger partial charge in [0.25, 0.3) is 0 Å². The first kappa shape index (κ1) is 29.4. The van der Waals surface area contributed by atoms with Gasteiger partial charge in [0.1, 0.15) is 11.9 Å². The highest BCUT2D eigenvalue weighted by Gasteiger charge is 2.37. The summed E-state index contributed by atoms with van der Waals surface area (Å²) < 4.78 is 39.5. The molecule has 0 radical (unpaired) electrons. The molecule has 220 valence electrons. The average Bonchev–Trinajstić information content (AvgIpc) is 2.97. The number of anilines is 1. The second-order valence-corrected chi connectivity index (χ2v) is 11.0. The second-order valence-electron chi connectivity index (χ2n) is 10.6. The predicted molar refractivity (Wildman–Crippen MR) is 152 cm³/mol. The Labute approximate surface area is 247 Å². The lowest BCUT2D eigenvalue weighted by Crippen LogP contribution is -2.42. The number of cyclic esters (lactones) is 1. The van der Waals surface area contributed by atoms with Crippen LogP contribution in [0.3, 0.4) is 0 Å². The summed E-state index contributed by atoms with van der Waals surface area (Å²) in [5, 5.41) is 2.77. The number of nitrogens with zero attached hydrogens (tertiary/aromatic N) is 2. The second kappa shape index (κ2) is 12.4. The number of rotatable bonds is 4. The molecule has 0 saturated carbocycles. The Morgan fingerprint density at radius 2 is 1.95 bits per heavy atom. The molecule has 2 aliphatic heterocycles. The lowest BCUT2D eigenvalue weighted by molar-refractivity contribution is -0.139. The van der Waals surface area contributed by atoms with Gasteiger partial charge in [-0.15, -0.1) is 0 Å². The van der Waals surface area contributed by atoms with Crippen LogP contribution in [0.2, 0.25) is 5.02 Å². The summed E-state index contributed by atoms with van der Waals surface area (Å²) in [5.41, 5.74) is 2.97. The van der Waals surface area contributed by atoms with E-state index in [0.29, 0.717) is 36.2 Å². The monoisotopic (exact) mass is 597 g/mol. The van der Waals surface area contributed by atoms with E-state index in [0.717, 1.165) is 23.3 Å². The molecule has 2 aromatic carbocycles. The van der Waals surface area contributed by atoms with E-state index in [1.807, 2.05) is 19.1 Å². The summed E-state index contributed by atoms with van der Waals surface area (Å²) in [5.74, 6) is -2.66. The molecule has 42 heavy (non-hydrogen) atoms. The predicted octanol–water partition coefficient (Wildman–Crippen LogP) is 6.78. The van der Waals surface area contributed by atoms with Crippen molar-refractivity contribution >= 4 is 35.3 Å². The van der Waals surface area contributed by atoms with E-state index in [1.165, 1.54) is 12.0 Å². The van der Waals surface area contributed by atoms with Gasteiger partial charge in [0.2, 0.25) is 5.91 Å². The third-order valence-corrected chi connectivity index (χ3v) is 8.09. The van der Waals surface area contributed by atoms with Gasteiger partial charge in [0.05, 0.1) is 35.9 Å². The van der Waals surface area contributed by atoms with E-state index in [4.69, 9.17) is 21.1 Å². The third kappa shape index (κ3) is 6.09. The van der Waals surface area contributed by atoms with Crippen molar-refractivity contribution in [3.8, 4) is 11.1 Å².